The van der Waals surface area contributed by atoms with Crippen LogP contribution in [0.1, 0.15) is 115 Å². The Bertz CT molecular complexity index is 374. The van der Waals surface area contributed by atoms with Crippen LogP contribution in [-0.2, 0) is 39.0 Å². The molecule has 39 heavy (non-hydrogen) atoms. The second-order valence-electron chi connectivity index (χ2n) is 10.2. The Morgan fingerprint density at radius 1 is 0.487 bits per heavy atom. The minimum absolute atomic E-state index is 0. The summed E-state index contributed by atoms with van der Waals surface area (Å²) in [4.78, 5) is 0. The third-order valence-electron chi connectivity index (χ3n) is 8.76. The van der Waals surface area contributed by atoms with Gasteiger partial charge in [0, 0.05) is 0 Å². The largest absolute Gasteiger partial charge is 4.00 e. The van der Waals surface area contributed by atoms with E-state index < -0.39 is 0 Å². The van der Waals surface area contributed by atoms with E-state index in [-0.39, 0.29) is 83.5 Å². The fourth-order valence-electron chi connectivity index (χ4n) is 5.23. The third-order valence-corrected chi connectivity index (χ3v) is 8.76. The molecule has 0 aliphatic heterocycles. The average Bonchev–Trinajstić information content (AvgIpc) is 3.08. The van der Waals surface area contributed by atoms with Crippen molar-refractivity contribution >= 4 is 0 Å². The van der Waals surface area contributed by atoms with E-state index in [1.807, 2.05) is 13.8 Å². The van der Waals surface area contributed by atoms with E-state index in [4.69, 9.17) is 0 Å². The maximum atomic E-state index is 3.25. The van der Waals surface area contributed by atoms with Crippen LogP contribution >= 0.6 is 0 Å². The van der Waals surface area contributed by atoms with E-state index in [0.717, 1.165) is 59.7 Å². The molecule has 0 bridgehead atoms. The van der Waals surface area contributed by atoms with Gasteiger partial charge < -0.3 is 57.6 Å². The quantitative estimate of drug-likeness (QED) is 0.133. The summed E-state index contributed by atoms with van der Waals surface area (Å²) in [6, 6.07) is 0. The van der Waals surface area contributed by atoms with Crippen LogP contribution in [0.3, 0.4) is 0 Å². The Labute approximate surface area is 281 Å². The molecule has 0 aromatic heterocycles. The molecule has 3 aliphatic rings. The van der Waals surface area contributed by atoms with E-state index >= 15 is 0 Å². The minimum Gasteiger partial charge on any atom is -0.500 e. The zero-order valence-electron chi connectivity index (χ0n) is 30.4. The zero-order valence-corrected chi connectivity index (χ0v) is 33.9. The summed E-state index contributed by atoms with van der Waals surface area (Å²) in [5.74, 6) is 8.53. The Hall–Kier alpha value is 0.727. The zero-order chi connectivity index (χ0) is 24.6. The van der Waals surface area contributed by atoms with Gasteiger partial charge in [-0.1, -0.05) is 101 Å². The van der Waals surface area contributed by atoms with Crippen molar-refractivity contribution in [2.75, 3.05) is 0 Å². The number of hydrogen-bond acceptors (Lipinski definition) is 0. The van der Waals surface area contributed by atoms with Gasteiger partial charge in [-0.05, 0) is 66.1 Å². The van der Waals surface area contributed by atoms with Gasteiger partial charge >= 0.3 is 39.0 Å². The van der Waals surface area contributed by atoms with Gasteiger partial charge in [0.15, 0.2) is 0 Å². The molecule has 2 heteroatoms. The van der Waals surface area contributed by atoms with Crippen molar-refractivity contribution in [3.05, 3.63) is 75.8 Å². The molecule has 0 N–H and O–H groups in total. The van der Waals surface area contributed by atoms with Gasteiger partial charge in [0.2, 0.25) is 0 Å². The van der Waals surface area contributed by atoms with Crippen LogP contribution in [0.5, 0.6) is 0 Å². The van der Waals surface area contributed by atoms with Crippen LogP contribution in [-0.4, -0.2) is 0 Å². The normalized spacial score (nSPS) is 31.5. The standard InChI is InChI=1S/C10H20.C9H18.C8H11.C2H6.C2H5.6CH3.2Ru/c1-6-7(2)9(4)10(5)8(6)3;1-6-5-7(2)9(4)8(6)3;1-2-4-6-8-7-5-3-1;2*1-2;;;;;;;;/h6-10H,1-5H3;6-9H,5H2,1-4H3;1-2,7H,3-6H2;1-2H3;1H2,2H3;6*1H3;;/q;;-1;;7*-1;2*+4/b;;2-1-;;;;;;;;;;. The Morgan fingerprint density at radius 2 is 0.769 bits per heavy atom. The molecule has 0 amide bonds. The fraction of sp³-hybridized carbons (Fsp3) is 0.703. The Kier molecular flexibility index (Phi) is 70.6. The molecular formula is C37H78Ru2. The van der Waals surface area contributed by atoms with Crippen molar-refractivity contribution < 1.29 is 39.0 Å². The molecule has 0 aromatic carbocycles. The summed E-state index contributed by atoms with van der Waals surface area (Å²) in [6.07, 6.45) is 15.9. The van der Waals surface area contributed by atoms with E-state index in [9.17, 15) is 0 Å². The van der Waals surface area contributed by atoms with Gasteiger partial charge in [0.05, 0.1) is 0 Å². The van der Waals surface area contributed by atoms with Crippen LogP contribution in [0.4, 0.5) is 0 Å². The van der Waals surface area contributed by atoms with Gasteiger partial charge in [-0.15, -0.1) is 0 Å². The molecule has 0 aromatic rings. The molecule has 0 nitrogen and oxygen atoms in total. The van der Waals surface area contributed by atoms with Gasteiger partial charge in [-0.2, -0.15) is 13.3 Å². The molecule has 4 atom stereocenters. The minimum atomic E-state index is 0. The molecule has 2 fully saturated rings. The first kappa shape index (κ1) is 67.4. The van der Waals surface area contributed by atoms with Crippen molar-refractivity contribution in [2.45, 2.75) is 115 Å². The molecule has 0 radical (unpaired) electrons. The first-order valence-corrected chi connectivity index (χ1v) is 13.6. The van der Waals surface area contributed by atoms with Crippen LogP contribution in [0, 0.1) is 111 Å². The van der Waals surface area contributed by atoms with E-state index in [2.05, 4.69) is 93.5 Å². The number of hydrogen-bond donors (Lipinski definition) is 0. The fourth-order valence-corrected chi connectivity index (χ4v) is 5.23. The molecule has 242 valence electrons. The molecule has 0 heterocycles. The SMILES string of the molecule is CC.CC1C(C)C(C)C(C)C1C.CC1CC(C)C(C)C1C.[C-]1=CCC/C=C\CC1.[CH2-]C.[CH3-].[CH3-].[CH3-].[CH3-].[CH3-].[CH3-].[Ru+4].[Ru+4]. The first-order valence-electron chi connectivity index (χ1n) is 13.6. The maximum absolute atomic E-state index is 3.25. The van der Waals surface area contributed by atoms with E-state index in [1.165, 1.54) is 25.7 Å². The van der Waals surface area contributed by atoms with Crippen molar-refractivity contribution in [3.8, 4) is 0 Å². The predicted octanol–water partition coefficient (Wildman–Crippen LogP) is 13.2. The summed E-state index contributed by atoms with van der Waals surface area (Å²) < 4.78 is 0. The van der Waals surface area contributed by atoms with Crippen LogP contribution in [0.25, 0.3) is 0 Å². The summed E-state index contributed by atoms with van der Waals surface area (Å²) in [6.45, 7) is 30.5. The summed E-state index contributed by atoms with van der Waals surface area (Å²) in [5.41, 5.74) is 0. The maximum Gasteiger partial charge on any atom is 4.00 e. The van der Waals surface area contributed by atoms with Gasteiger partial charge in [0.1, 0.15) is 0 Å². The van der Waals surface area contributed by atoms with Crippen molar-refractivity contribution in [1.29, 1.82) is 0 Å². The summed E-state index contributed by atoms with van der Waals surface area (Å²) in [7, 11) is 0. The summed E-state index contributed by atoms with van der Waals surface area (Å²) in [5, 5.41) is 0. The van der Waals surface area contributed by atoms with Gasteiger partial charge in [-0.25, -0.2) is 0 Å². The van der Waals surface area contributed by atoms with Crippen molar-refractivity contribution in [1.82, 2.24) is 0 Å². The topological polar surface area (TPSA) is 0 Å². The molecule has 2 saturated carbocycles. The first-order chi connectivity index (χ1) is 14.7. The monoisotopic (exact) mass is 726 g/mol. The molecule has 3 rings (SSSR count). The van der Waals surface area contributed by atoms with Gasteiger partial charge in [0.25, 0.3) is 0 Å². The van der Waals surface area contributed by atoms with E-state index in [0.29, 0.717) is 0 Å². The Morgan fingerprint density at radius 3 is 1.03 bits per heavy atom. The molecular weight excluding hydrogens is 647 g/mol. The second kappa shape index (κ2) is 40.9. The average molecular weight is 725 g/mol. The molecule has 3 aliphatic carbocycles. The van der Waals surface area contributed by atoms with E-state index in [1.54, 1.807) is 6.92 Å². The van der Waals surface area contributed by atoms with Crippen LogP contribution in [0.15, 0.2) is 18.2 Å². The van der Waals surface area contributed by atoms with Gasteiger partial charge in [-0.3, -0.25) is 6.08 Å². The van der Waals surface area contributed by atoms with Crippen molar-refractivity contribution in [3.63, 3.8) is 0 Å². The van der Waals surface area contributed by atoms with Crippen molar-refractivity contribution in [2.24, 2.45) is 53.3 Å². The van der Waals surface area contributed by atoms with Crippen LogP contribution in [0.2, 0.25) is 0 Å². The third kappa shape index (κ3) is 26.1. The smallest absolute Gasteiger partial charge is 0.500 e. The number of allylic oxidation sites excluding steroid dienone is 4. The molecule has 4 unspecified atom stereocenters. The molecule has 0 spiro atoms. The predicted molar refractivity (Wildman–Crippen MR) is 183 cm³/mol. The number of rotatable bonds is 0. The second-order valence-corrected chi connectivity index (χ2v) is 10.2. The Balaban J connectivity index is -0.0000000347. The molecule has 0 saturated heterocycles. The van der Waals surface area contributed by atoms with Crippen LogP contribution < -0.4 is 0 Å². The summed E-state index contributed by atoms with van der Waals surface area (Å²) >= 11 is 0.